The number of fused-ring (bicyclic) bond motifs is 1. The number of hydrogen-bond donors (Lipinski definition) is 1. The van der Waals surface area contributed by atoms with Crippen molar-refractivity contribution in [3.8, 4) is 0 Å². The predicted molar refractivity (Wildman–Crippen MR) is 103 cm³/mol. The van der Waals surface area contributed by atoms with Crippen molar-refractivity contribution in [1.29, 1.82) is 0 Å². The number of hydrogen-bond acceptors (Lipinski definition) is 3. The van der Waals surface area contributed by atoms with E-state index in [-0.39, 0.29) is 24.4 Å². The van der Waals surface area contributed by atoms with Gasteiger partial charge in [-0.05, 0) is 23.4 Å². The minimum Gasteiger partial charge on any atom is -0.455 e. The first-order chi connectivity index (χ1) is 12.7. The van der Waals surface area contributed by atoms with E-state index in [1.54, 1.807) is 0 Å². The number of benzene rings is 3. The Bertz CT molecular complexity index is 900. The van der Waals surface area contributed by atoms with Crippen LogP contribution in [0.15, 0.2) is 72.8 Å². The van der Waals surface area contributed by atoms with Gasteiger partial charge in [-0.15, -0.1) is 0 Å². The van der Waals surface area contributed by atoms with Gasteiger partial charge in [0.2, 0.25) is 0 Å². The highest BCUT2D eigenvalue weighted by Gasteiger charge is 2.21. The molecule has 0 aromatic heterocycles. The highest BCUT2D eigenvalue weighted by atomic mass is 16.5. The van der Waals surface area contributed by atoms with E-state index < -0.39 is 0 Å². The van der Waals surface area contributed by atoms with Crippen molar-refractivity contribution in [2.24, 2.45) is 0 Å². The van der Waals surface area contributed by atoms with Crippen molar-refractivity contribution < 1.29 is 14.3 Å². The summed E-state index contributed by atoms with van der Waals surface area (Å²) in [6.07, 6.45) is 0.619. The molecule has 0 radical (unpaired) electrons. The van der Waals surface area contributed by atoms with Crippen LogP contribution in [0.4, 0.5) is 5.69 Å². The van der Waals surface area contributed by atoms with Gasteiger partial charge in [-0.3, -0.25) is 9.59 Å². The van der Waals surface area contributed by atoms with Crippen molar-refractivity contribution in [2.75, 3.05) is 11.9 Å². The Morgan fingerprint density at radius 3 is 2.38 bits per heavy atom. The molecular formula is C22H21NO3. The van der Waals surface area contributed by atoms with Gasteiger partial charge in [0.15, 0.2) is 6.61 Å². The van der Waals surface area contributed by atoms with Gasteiger partial charge in [-0.2, -0.15) is 0 Å². The van der Waals surface area contributed by atoms with Crippen LogP contribution in [-0.2, 0) is 14.3 Å². The van der Waals surface area contributed by atoms with Gasteiger partial charge in [-0.25, -0.2) is 0 Å². The maximum absolute atomic E-state index is 12.3. The predicted octanol–water partition coefficient (Wildman–Crippen LogP) is 4.52. The molecule has 0 heterocycles. The molecule has 0 saturated heterocycles. The van der Waals surface area contributed by atoms with Gasteiger partial charge in [0.05, 0.1) is 5.92 Å². The molecule has 1 N–H and O–H groups in total. The largest absolute Gasteiger partial charge is 0.455 e. The van der Waals surface area contributed by atoms with Crippen LogP contribution >= 0.6 is 0 Å². The van der Waals surface area contributed by atoms with Crippen LogP contribution in [0.2, 0.25) is 0 Å². The smallest absolute Gasteiger partial charge is 0.313 e. The number of carbonyl (C=O) groups excluding carboxylic acids is 2. The van der Waals surface area contributed by atoms with Crippen molar-refractivity contribution >= 4 is 28.3 Å². The first-order valence-corrected chi connectivity index (χ1v) is 8.68. The number of anilines is 1. The fourth-order valence-electron chi connectivity index (χ4n) is 2.98. The standard InChI is InChI=1S/C22H21NO3/c1-2-18(16-9-4-3-5-10-16)22(25)26-15-21(24)23-20-14-8-12-17-11-6-7-13-19(17)20/h3-14,18H,2,15H2,1H3,(H,23,24). The van der Waals surface area contributed by atoms with Crippen LogP contribution in [0.1, 0.15) is 24.8 Å². The van der Waals surface area contributed by atoms with Gasteiger partial charge in [-0.1, -0.05) is 73.7 Å². The Balaban J connectivity index is 1.62. The summed E-state index contributed by atoms with van der Waals surface area (Å²) >= 11 is 0. The van der Waals surface area contributed by atoms with Crippen molar-refractivity contribution in [3.63, 3.8) is 0 Å². The lowest BCUT2D eigenvalue weighted by Gasteiger charge is -2.15. The topological polar surface area (TPSA) is 55.4 Å². The molecule has 0 saturated carbocycles. The SMILES string of the molecule is CCC(C(=O)OCC(=O)Nc1cccc2ccccc12)c1ccccc1. The average molecular weight is 347 g/mol. The molecule has 0 spiro atoms. The number of carbonyl (C=O) groups is 2. The zero-order valence-corrected chi connectivity index (χ0v) is 14.6. The van der Waals surface area contributed by atoms with Crippen LogP contribution in [0, 0.1) is 0 Å². The molecule has 0 aliphatic heterocycles. The summed E-state index contributed by atoms with van der Waals surface area (Å²) in [4.78, 5) is 24.6. The number of amides is 1. The quantitative estimate of drug-likeness (QED) is 0.667. The van der Waals surface area contributed by atoms with E-state index >= 15 is 0 Å². The molecule has 3 aromatic carbocycles. The van der Waals surface area contributed by atoms with Gasteiger partial charge < -0.3 is 10.1 Å². The van der Waals surface area contributed by atoms with Crippen LogP contribution in [-0.4, -0.2) is 18.5 Å². The van der Waals surface area contributed by atoms with Gasteiger partial charge >= 0.3 is 5.97 Å². The molecule has 0 aliphatic rings. The average Bonchev–Trinajstić information content (AvgIpc) is 2.68. The van der Waals surface area contributed by atoms with E-state index in [0.717, 1.165) is 16.3 Å². The van der Waals surface area contributed by atoms with E-state index in [9.17, 15) is 9.59 Å². The summed E-state index contributed by atoms with van der Waals surface area (Å²) in [5.74, 6) is -1.09. The highest BCUT2D eigenvalue weighted by molar-refractivity contribution is 6.02. The molecule has 3 aromatic rings. The number of nitrogens with one attached hydrogen (secondary N) is 1. The summed E-state index contributed by atoms with van der Waals surface area (Å²) in [5.41, 5.74) is 1.61. The monoisotopic (exact) mass is 347 g/mol. The molecule has 1 unspecified atom stereocenters. The third-order valence-corrected chi connectivity index (χ3v) is 4.30. The van der Waals surface area contributed by atoms with E-state index in [2.05, 4.69) is 5.32 Å². The fraction of sp³-hybridized carbons (Fsp3) is 0.182. The Labute approximate surface area is 152 Å². The lowest BCUT2D eigenvalue weighted by Crippen LogP contribution is -2.24. The van der Waals surface area contributed by atoms with Crippen molar-refractivity contribution in [1.82, 2.24) is 0 Å². The Morgan fingerprint density at radius 2 is 1.62 bits per heavy atom. The summed E-state index contributed by atoms with van der Waals surface area (Å²) in [7, 11) is 0. The lowest BCUT2D eigenvalue weighted by molar-refractivity contribution is -0.149. The maximum Gasteiger partial charge on any atom is 0.313 e. The third-order valence-electron chi connectivity index (χ3n) is 4.30. The second-order valence-corrected chi connectivity index (χ2v) is 6.05. The summed E-state index contributed by atoms with van der Waals surface area (Å²) in [6, 6.07) is 23.0. The third kappa shape index (κ3) is 4.09. The molecular weight excluding hydrogens is 326 g/mol. The minimum absolute atomic E-state index is 0.300. The van der Waals surface area contributed by atoms with Crippen molar-refractivity contribution in [3.05, 3.63) is 78.4 Å². The van der Waals surface area contributed by atoms with E-state index in [4.69, 9.17) is 4.74 Å². The molecule has 3 rings (SSSR count). The van der Waals surface area contributed by atoms with Crippen LogP contribution in [0.5, 0.6) is 0 Å². The summed E-state index contributed by atoms with van der Waals surface area (Å²) in [5, 5.41) is 4.81. The molecule has 132 valence electrons. The second kappa shape index (κ2) is 8.30. The first kappa shape index (κ1) is 17.7. The fourth-order valence-corrected chi connectivity index (χ4v) is 2.98. The zero-order valence-electron chi connectivity index (χ0n) is 14.6. The van der Waals surface area contributed by atoms with E-state index in [1.807, 2.05) is 79.7 Å². The molecule has 0 fully saturated rings. The van der Waals surface area contributed by atoms with Gasteiger partial charge in [0, 0.05) is 11.1 Å². The lowest BCUT2D eigenvalue weighted by atomic mass is 9.97. The molecule has 0 bridgehead atoms. The number of rotatable bonds is 6. The Kier molecular flexibility index (Phi) is 5.64. The molecule has 1 atom stereocenters. The molecule has 1 amide bonds. The van der Waals surface area contributed by atoms with Crippen LogP contribution in [0.25, 0.3) is 10.8 Å². The number of ether oxygens (including phenoxy) is 1. The normalized spacial score (nSPS) is 11.7. The minimum atomic E-state index is -0.383. The molecule has 0 aliphatic carbocycles. The van der Waals surface area contributed by atoms with E-state index in [0.29, 0.717) is 12.1 Å². The Morgan fingerprint density at radius 1 is 0.923 bits per heavy atom. The first-order valence-electron chi connectivity index (χ1n) is 8.68. The highest BCUT2D eigenvalue weighted by Crippen LogP contribution is 2.23. The molecule has 4 nitrogen and oxygen atoms in total. The summed E-state index contributed by atoms with van der Waals surface area (Å²) in [6.45, 7) is 1.63. The van der Waals surface area contributed by atoms with Gasteiger partial charge in [0.1, 0.15) is 0 Å². The summed E-state index contributed by atoms with van der Waals surface area (Å²) < 4.78 is 5.24. The van der Waals surface area contributed by atoms with Gasteiger partial charge in [0.25, 0.3) is 5.91 Å². The Hall–Kier alpha value is -3.14. The van der Waals surface area contributed by atoms with Crippen LogP contribution < -0.4 is 5.32 Å². The second-order valence-electron chi connectivity index (χ2n) is 6.05. The molecule has 4 heteroatoms. The van der Waals surface area contributed by atoms with E-state index in [1.165, 1.54) is 0 Å². The molecule has 26 heavy (non-hydrogen) atoms. The maximum atomic E-state index is 12.3. The van der Waals surface area contributed by atoms with Crippen LogP contribution in [0.3, 0.4) is 0 Å². The number of esters is 1. The zero-order chi connectivity index (χ0) is 18.4. The van der Waals surface area contributed by atoms with Crippen molar-refractivity contribution in [2.45, 2.75) is 19.3 Å².